The summed E-state index contributed by atoms with van der Waals surface area (Å²) >= 11 is 1.32. The first kappa shape index (κ1) is 20.5. The summed E-state index contributed by atoms with van der Waals surface area (Å²) < 4.78 is 21.4. The van der Waals surface area contributed by atoms with Crippen molar-refractivity contribution < 1.29 is 23.7 Å². The van der Waals surface area contributed by atoms with Gasteiger partial charge in [-0.3, -0.25) is 10.1 Å². The van der Waals surface area contributed by atoms with Crippen LogP contribution in [0.2, 0.25) is 0 Å². The Labute approximate surface area is 173 Å². The van der Waals surface area contributed by atoms with E-state index in [1.54, 1.807) is 40.6 Å². The second kappa shape index (κ2) is 8.83. The number of nitrogens with one attached hydrogen (secondary N) is 1. The van der Waals surface area contributed by atoms with Crippen molar-refractivity contribution >= 4 is 22.4 Å². The number of amides is 1. The van der Waals surface area contributed by atoms with Gasteiger partial charge in [0.15, 0.2) is 5.13 Å². The molecule has 7 nitrogen and oxygen atoms in total. The van der Waals surface area contributed by atoms with Gasteiger partial charge in [0.2, 0.25) is 0 Å². The van der Waals surface area contributed by atoms with Gasteiger partial charge in [-0.05, 0) is 37.3 Å². The van der Waals surface area contributed by atoms with E-state index in [9.17, 15) is 4.79 Å². The average Bonchev–Trinajstić information content (AvgIpc) is 3.21. The van der Waals surface area contributed by atoms with Gasteiger partial charge in [0.05, 0.1) is 34.1 Å². The number of rotatable bonds is 7. The first-order valence-corrected chi connectivity index (χ1v) is 9.60. The number of benzene rings is 2. The highest BCUT2D eigenvalue weighted by molar-refractivity contribution is 7.14. The molecule has 1 aromatic heterocycles. The quantitative estimate of drug-likeness (QED) is 0.617. The summed E-state index contributed by atoms with van der Waals surface area (Å²) in [5.74, 6) is 2.21. The zero-order valence-electron chi connectivity index (χ0n) is 16.9. The molecule has 2 aromatic carbocycles. The van der Waals surface area contributed by atoms with Crippen molar-refractivity contribution in [3.05, 3.63) is 46.8 Å². The molecule has 0 fully saturated rings. The molecule has 0 bridgehead atoms. The van der Waals surface area contributed by atoms with Crippen LogP contribution in [0.25, 0.3) is 11.3 Å². The van der Waals surface area contributed by atoms with Gasteiger partial charge in [0.25, 0.3) is 5.91 Å². The molecule has 152 valence electrons. The number of methoxy groups -OCH3 is 4. The number of carbonyl (C=O) groups is 1. The Morgan fingerprint density at radius 2 is 1.59 bits per heavy atom. The highest BCUT2D eigenvalue weighted by Gasteiger charge is 2.16. The molecule has 29 heavy (non-hydrogen) atoms. The Morgan fingerprint density at radius 1 is 0.931 bits per heavy atom. The van der Waals surface area contributed by atoms with Crippen LogP contribution in [0.4, 0.5) is 5.13 Å². The van der Waals surface area contributed by atoms with Crippen molar-refractivity contribution in [2.75, 3.05) is 33.8 Å². The van der Waals surface area contributed by atoms with Gasteiger partial charge in [-0.2, -0.15) is 0 Å². The molecule has 0 atom stereocenters. The van der Waals surface area contributed by atoms with E-state index in [0.717, 1.165) is 11.1 Å². The number of anilines is 1. The molecule has 0 aliphatic carbocycles. The van der Waals surface area contributed by atoms with Crippen LogP contribution in [-0.4, -0.2) is 39.3 Å². The number of hydrogen-bond acceptors (Lipinski definition) is 7. The minimum Gasteiger partial charge on any atom is -0.497 e. The molecule has 1 N–H and O–H groups in total. The second-order valence-corrected chi connectivity index (χ2v) is 6.92. The minimum absolute atomic E-state index is 0.305. The maximum absolute atomic E-state index is 12.7. The summed E-state index contributed by atoms with van der Waals surface area (Å²) in [6.45, 7) is 1.87. The topological polar surface area (TPSA) is 78.9 Å². The van der Waals surface area contributed by atoms with Crippen LogP contribution in [0.5, 0.6) is 23.0 Å². The van der Waals surface area contributed by atoms with E-state index in [4.69, 9.17) is 18.9 Å². The van der Waals surface area contributed by atoms with Gasteiger partial charge in [0, 0.05) is 22.1 Å². The van der Waals surface area contributed by atoms with Crippen LogP contribution in [0, 0.1) is 6.92 Å². The van der Waals surface area contributed by atoms with Gasteiger partial charge in [0.1, 0.15) is 23.0 Å². The number of thiazole rings is 1. The number of nitrogens with zero attached hydrogens (tertiary/aromatic N) is 1. The molecule has 0 spiro atoms. The lowest BCUT2D eigenvalue weighted by Gasteiger charge is -2.12. The molecule has 3 rings (SSSR count). The second-order valence-electron chi connectivity index (χ2n) is 6.06. The lowest BCUT2D eigenvalue weighted by Crippen LogP contribution is -2.12. The number of ether oxygens (including phenoxy) is 4. The zero-order valence-corrected chi connectivity index (χ0v) is 17.7. The number of hydrogen-bond donors (Lipinski definition) is 1. The van der Waals surface area contributed by atoms with Crippen molar-refractivity contribution in [2.24, 2.45) is 0 Å². The third kappa shape index (κ3) is 4.27. The largest absolute Gasteiger partial charge is 0.497 e. The van der Waals surface area contributed by atoms with Crippen molar-refractivity contribution in [1.29, 1.82) is 0 Å². The first-order valence-electron chi connectivity index (χ1n) is 8.72. The molecular formula is C21H22N2O5S. The molecule has 0 saturated heterocycles. The Bertz CT molecular complexity index is 1010. The fraction of sp³-hybridized carbons (Fsp3) is 0.238. The molecule has 0 saturated carbocycles. The lowest BCUT2D eigenvalue weighted by atomic mass is 10.1. The molecule has 1 amide bonds. The van der Waals surface area contributed by atoms with Crippen LogP contribution in [-0.2, 0) is 0 Å². The van der Waals surface area contributed by atoms with Gasteiger partial charge in [-0.25, -0.2) is 4.98 Å². The first-order chi connectivity index (χ1) is 14.0. The molecule has 1 heterocycles. The Balaban J connectivity index is 1.87. The summed E-state index contributed by atoms with van der Waals surface area (Å²) in [5, 5.41) is 5.14. The van der Waals surface area contributed by atoms with Crippen molar-refractivity contribution in [3.63, 3.8) is 0 Å². The Hall–Kier alpha value is -3.26. The third-order valence-electron chi connectivity index (χ3n) is 4.42. The monoisotopic (exact) mass is 414 g/mol. The minimum atomic E-state index is -0.305. The molecular weight excluding hydrogens is 392 g/mol. The van der Waals surface area contributed by atoms with E-state index in [0.29, 0.717) is 39.4 Å². The molecule has 8 heteroatoms. The Kier molecular flexibility index (Phi) is 6.23. The fourth-order valence-corrected chi connectivity index (χ4v) is 3.56. The van der Waals surface area contributed by atoms with Gasteiger partial charge >= 0.3 is 0 Å². The van der Waals surface area contributed by atoms with E-state index in [1.807, 2.05) is 30.5 Å². The van der Waals surface area contributed by atoms with Crippen molar-refractivity contribution in [3.8, 4) is 34.3 Å². The summed E-state index contributed by atoms with van der Waals surface area (Å²) in [6.07, 6.45) is 0. The zero-order chi connectivity index (χ0) is 21.0. The van der Waals surface area contributed by atoms with Crippen LogP contribution in [0.15, 0.2) is 35.7 Å². The maximum Gasteiger partial charge on any atom is 0.257 e. The molecule has 0 aliphatic rings. The summed E-state index contributed by atoms with van der Waals surface area (Å²) in [5.41, 5.74) is 2.70. The summed E-state index contributed by atoms with van der Waals surface area (Å²) in [6, 6.07) is 8.82. The lowest BCUT2D eigenvalue weighted by molar-refractivity contribution is 0.102. The van der Waals surface area contributed by atoms with Crippen molar-refractivity contribution in [2.45, 2.75) is 6.92 Å². The highest BCUT2D eigenvalue weighted by Crippen LogP contribution is 2.35. The molecule has 0 unspecified atom stereocenters. The maximum atomic E-state index is 12.7. The fourth-order valence-electron chi connectivity index (χ4n) is 2.86. The highest BCUT2D eigenvalue weighted by atomic mass is 32.1. The average molecular weight is 414 g/mol. The third-order valence-corrected chi connectivity index (χ3v) is 5.18. The van der Waals surface area contributed by atoms with E-state index in [1.165, 1.54) is 11.3 Å². The van der Waals surface area contributed by atoms with E-state index in [-0.39, 0.29) is 5.91 Å². The predicted octanol–water partition coefficient (Wildman–Crippen LogP) is 4.41. The van der Waals surface area contributed by atoms with Crippen LogP contribution >= 0.6 is 11.3 Å². The van der Waals surface area contributed by atoms with Crippen LogP contribution < -0.4 is 24.3 Å². The van der Waals surface area contributed by atoms with Gasteiger partial charge < -0.3 is 18.9 Å². The number of aromatic nitrogens is 1. The normalized spacial score (nSPS) is 10.4. The summed E-state index contributed by atoms with van der Waals surface area (Å²) in [7, 11) is 6.30. The molecule has 0 radical (unpaired) electrons. The molecule has 3 aromatic rings. The summed E-state index contributed by atoms with van der Waals surface area (Å²) in [4.78, 5) is 17.3. The Morgan fingerprint density at radius 3 is 2.17 bits per heavy atom. The van der Waals surface area contributed by atoms with Gasteiger partial charge in [-0.15, -0.1) is 11.3 Å². The number of carbonyl (C=O) groups excluding carboxylic acids is 1. The predicted molar refractivity (Wildman–Crippen MR) is 113 cm³/mol. The van der Waals surface area contributed by atoms with Crippen LogP contribution in [0.1, 0.15) is 15.9 Å². The van der Waals surface area contributed by atoms with Crippen LogP contribution in [0.3, 0.4) is 0 Å². The van der Waals surface area contributed by atoms with Gasteiger partial charge in [-0.1, -0.05) is 0 Å². The molecule has 0 aliphatic heterocycles. The van der Waals surface area contributed by atoms with Crippen molar-refractivity contribution in [1.82, 2.24) is 4.98 Å². The van der Waals surface area contributed by atoms with E-state index >= 15 is 0 Å². The standard InChI is InChI=1S/C21H22N2O5S/c1-12-18(27-4)8-13(9-19(12)28-5)20(24)23-21-22-16(11-29-21)15-10-14(25-2)6-7-17(15)26-3/h6-11H,1-5H3,(H,22,23,24). The van der Waals surface area contributed by atoms with E-state index < -0.39 is 0 Å². The SMILES string of the molecule is COc1ccc(OC)c(-c2csc(NC(=O)c3cc(OC)c(C)c(OC)c3)n2)c1. The van der Waals surface area contributed by atoms with E-state index in [2.05, 4.69) is 10.3 Å². The smallest absolute Gasteiger partial charge is 0.257 e.